The lowest BCUT2D eigenvalue weighted by atomic mass is 9.93. The molecule has 0 aliphatic carbocycles. The molecule has 0 fully saturated rings. The van der Waals surface area contributed by atoms with Crippen LogP contribution in [0.1, 0.15) is 17.0 Å². The number of halogens is 1. The Hall–Kier alpha value is -0.830. The summed E-state index contributed by atoms with van der Waals surface area (Å²) in [4.78, 5) is 0. The Kier molecular flexibility index (Phi) is 4.60. The van der Waals surface area contributed by atoms with Crippen molar-refractivity contribution in [2.45, 2.75) is 12.3 Å². The SMILES string of the molecule is CNCC(Cc1ccsc1)c1ccccc1Cl. The third kappa shape index (κ3) is 3.32. The van der Waals surface area contributed by atoms with Gasteiger partial charge < -0.3 is 5.32 Å². The molecule has 90 valence electrons. The topological polar surface area (TPSA) is 12.0 Å². The molecule has 2 rings (SSSR count). The van der Waals surface area contributed by atoms with Gasteiger partial charge in [0.25, 0.3) is 0 Å². The number of likely N-dealkylation sites (N-methyl/N-ethyl adjacent to an activating group) is 1. The average molecular weight is 266 g/mol. The maximum atomic E-state index is 6.27. The minimum absolute atomic E-state index is 0.434. The fraction of sp³-hybridized carbons (Fsp3) is 0.286. The van der Waals surface area contributed by atoms with Crippen molar-refractivity contribution in [1.82, 2.24) is 5.32 Å². The molecular formula is C14H16ClNS. The maximum Gasteiger partial charge on any atom is 0.0441 e. The molecule has 1 atom stereocenters. The van der Waals surface area contributed by atoms with Crippen molar-refractivity contribution in [3.8, 4) is 0 Å². The first-order valence-electron chi connectivity index (χ1n) is 5.71. The predicted molar refractivity (Wildman–Crippen MR) is 76.1 cm³/mol. The summed E-state index contributed by atoms with van der Waals surface area (Å²) in [6.45, 7) is 0.944. The quantitative estimate of drug-likeness (QED) is 0.863. The van der Waals surface area contributed by atoms with Crippen LogP contribution in [0.25, 0.3) is 0 Å². The van der Waals surface area contributed by atoms with E-state index in [0.29, 0.717) is 5.92 Å². The van der Waals surface area contributed by atoms with Gasteiger partial charge in [-0.15, -0.1) is 0 Å². The normalized spacial score (nSPS) is 12.6. The number of rotatable bonds is 5. The van der Waals surface area contributed by atoms with Gasteiger partial charge in [-0.1, -0.05) is 29.8 Å². The van der Waals surface area contributed by atoms with Crippen LogP contribution >= 0.6 is 22.9 Å². The molecule has 0 bridgehead atoms. The number of hydrogen-bond acceptors (Lipinski definition) is 2. The predicted octanol–water partition coefficient (Wildman–Crippen LogP) is 3.95. The van der Waals surface area contributed by atoms with Crippen LogP contribution < -0.4 is 5.32 Å². The second-order valence-corrected chi connectivity index (χ2v) is 5.30. The second kappa shape index (κ2) is 6.20. The highest BCUT2D eigenvalue weighted by Gasteiger charge is 2.14. The number of benzene rings is 1. The Morgan fingerprint density at radius 2 is 2.12 bits per heavy atom. The van der Waals surface area contributed by atoms with E-state index in [4.69, 9.17) is 11.6 Å². The standard InChI is InChI=1S/C14H16ClNS/c1-16-9-12(8-11-6-7-17-10-11)13-4-2-3-5-14(13)15/h2-7,10,12,16H,8-9H2,1H3. The summed E-state index contributed by atoms with van der Waals surface area (Å²) >= 11 is 8.02. The second-order valence-electron chi connectivity index (χ2n) is 4.11. The molecule has 1 heterocycles. The molecule has 0 amide bonds. The van der Waals surface area contributed by atoms with E-state index in [1.165, 1.54) is 11.1 Å². The Morgan fingerprint density at radius 3 is 2.76 bits per heavy atom. The summed E-state index contributed by atoms with van der Waals surface area (Å²) in [5.74, 6) is 0.434. The highest BCUT2D eigenvalue weighted by molar-refractivity contribution is 7.07. The molecule has 0 saturated heterocycles. The Bertz CT molecular complexity index is 453. The zero-order valence-electron chi connectivity index (χ0n) is 9.82. The number of nitrogens with one attached hydrogen (secondary N) is 1. The first kappa shape index (κ1) is 12.6. The van der Waals surface area contributed by atoms with Crippen LogP contribution in [-0.4, -0.2) is 13.6 Å². The zero-order valence-corrected chi connectivity index (χ0v) is 11.4. The molecule has 3 heteroatoms. The molecular weight excluding hydrogens is 250 g/mol. The maximum absolute atomic E-state index is 6.27. The van der Waals surface area contributed by atoms with Gasteiger partial charge in [-0.25, -0.2) is 0 Å². The first-order valence-corrected chi connectivity index (χ1v) is 7.03. The van der Waals surface area contributed by atoms with Crippen molar-refractivity contribution in [2.24, 2.45) is 0 Å². The van der Waals surface area contributed by atoms with Crippen molar-refractivity contribution in [2.75, 3.05) is 13.6 Å². The minimum atomic E-state index is 0.434. The fourth-order valence-electron chi connectivity index (χ4n) is 2.04. The van der Waals surface area contributed by atoms with E-state index in [1.54, 1.807) is 11.3 Å². The summed E-state index contributed by atoms with van der Waals surface area (Å²) in [6, 6.07) is 10.3. The van der Waals surface area contributed by atoms with Crippen LogP contribution in [-0.2, 0) is 6.42 Å². The van der Waals surface area contributed by atoms with Crippen molar-refractivity contribution >= 4 is 22.9 Å². The van der Waals surface area contributed by atoms with Gasteiger partial charge in [0.2, 0.25) is 0 Å². The highest BCUT2D eigenvalue weighted by Crippen LogP contribution is 2.27. The molecule has 1 N–H and O–H groups in total. The lowest BCUT2D eigenvalue weighted by Crippen LogP contribution is -2.19. The van der Waals surface area contributed by atoms with Crippen LogP contribution in [0.15, 0.2) is 41.1 Å². The summed E-state index contributed by atoms with van der Waals surface area (Å²) in [5.41, 5.74) is 2.62. The van der Waals surface area contributed by atoms with E-state index in [-0.39, 0.29) is 0 Å². The molecule has 1 nitrogen and oxygen atoms in total. The lowest BCUT2D eigenvalue weighted by molar-refractivity contribution is 0.627. The fourth-order valence-corrected chi connectivity index (χ4v) is 3.01. The molecule has 0 aliphatic rings. The molecule has 1 aromatic heterocycles. The largest absolute Gasteiger partial charge is 0.319 e. The van der Waals surface area contributed by atoms with E-state index in [1.807, 2.05) is 19.2 Å². The van der Waals surface area contributed by atoms with Gasteiger partial charge in [-0.3, -0.25) is 0 Å². The highest BCUT2D eigenvalue weighted by atomic mass is 35.5. The third-order valence-corrected chi connectivity index (χ3v) is 3.93. The average Bonchev–Trinajstić information content (AvgIpc) is 2.82. The number of hydrogen-bond donors (Lipinski definition) is 1. The van der Waals surface area contributed by atoms with Crippen molar-refractivity contribution in [3.63, 3.8) is 0 Å². The van der Waals surface area contributed by atoms with E-state index < -0.39 is 0 Å². The molecule has 0 radical (unpaired) electrons. The molecule has 17 heavy (non-hydrogen) atoms. The van der Waals surface area contributed by atoms with Crippen molar-refractivity contribution in [1.29, 1.82) is 0 Å². The van der Waals surface area contributed by atoms with Gasteiger partial charge in [-0.05, 0) is 47.5 Å². The van der Waals surface area contributed by atoms with Gasteiger partial charge in [0.1, 0.15) is 0 Å². The van der Waals surface area contributed by atoms with Crippen LogP contribution in [0.2, 0.25) is 5.02 Å². The Labute approximate surface area is 111 Å². The first-order chi connectivity index (χ1) is 8.31. The van der Waals surface area contributed by atoms with Crippen LogP contribution in [0.3, 0.4) is 0 Å². The monoisotopic (exact) mass is 265 g/mol. The Balaban J connectivity index is 2.20. The van der Waals surface area contributed by atoms with Gasteiger partial charge in [0.15, 0.2) is 0 Å². The molecule has 0 aliphatic heterocycles. The third-order valence-electron chi connectivity index (χ3n) is 2.86. The minimum Gasteiger partial charge on any atom is -0.319 e. The smallest absolute Gasteiger partial charge is 0.0441 e. The lowest BCUT2D eigenvalue weighted by Gasteiger charge is -2.17. The van der Waals surface area contributed by atoms with Gasteiger partial charge >= 0.3 is 0 Å². The summed E-state index contributed by atoms with van der Waals surface area (Å²) in [6.07, 6.45) is 1.04. The summed E-state index contributed by atoms with van der Waals surface area (Å²) in [5, 5.41) is 8.45. The zero-order chi connectivity index (χ0) is 12.1. The van der Waals surface area contributed by atoms with E-state index >= 15 is 0 Å². The summed E-state index contributed by atoms with van der Waals surface area (Å²) < 4.78 is 0. The van der Waals surface area contributed by atoms with Crippen molar-refractivity contribution < 1.29 is 0 Å². The summed E-state index contributed by atoms with van der Waals surface area (Å²) in [7, 11) is 1.98. The van der Waals surface area contributed by atoms with Crippen LogP contribution in [0.4, 0.5) is 0 Å². The van der Waals surface area contributed by atoms with Gasteiger partial charge in [0.05, 0.1) is 0 Å². The van der Waals surface area contributed by atoms with Crippen molar-refractivity contribution in [3.05, 3.63) is 57.2 Å². The van der Waals surface area contributed by atoms with E-state index in [0.717, 1.165) is 18.0 Å². The molecule has 0 spiro atoms. The number of thiophene rings is 1. The van der Waals surface area contributed by atoms with E-state index in [9.17, 15) is 0 Å². The van der Waals surface area contributed by atoms with Gasteiger partial charge in [-0.2, -0.15) is 11.3 Å². The van der Waals surface area contributed by atoms with Gasteiger partial charge in [0, 0.05) is 17.5 Å². The molecule has 1 unspecified atom stereocenters. The molecule has 0 saturated carbocycles. The molecule has 2 aromatic rings. The van der Waals surface area contributed by atoms with Crippen LogP contribution in [0.5, 0.6) is 0 Å². The molecule has 1 aromatic carbocycles. The van der Waals surface area contributed by atoms with E-state index in [2.05, 4.69) is 34.3 Å². The Morgan fingerprint density at radius 1 is 1.29 bits per heavy atom. The van der Waals surface area contributed by atoms with Crippen LogP contribution in [0, 0.1) is 0 Å².